The van der Waals surface area contributed by atoms with Crippen LogP contribution in [0.5, 0.6) is 0 Å². The van der Waals surface area contributed by atoms with Crippen LogP contribution in [0.25, 0.3) is 11.1 Å². The second-order valence-corrected chi connectivity index (χ2v) is 5.79. The van der Waals surface area contributed by atoms with Crippen molar-refractivity contribution in [1.29, 1.82) is 0 Å². The lowest BCUT2D eigenvalue weighted by atomic mass is 10.0. The third kappa shape index (κ3) is 4.40. The Hall–Kier alpha value is -2.24. The molecule has 1 fully saturated rings. The SMILES string of the molecule is ON=Cc1cnc(CCOC2CCCCO2)c(-c2ccccc2)c1. The maximum absolute atomic E-state index is 8.74. The highest BCUT2D eigenvalue weighted by atomic mass is 16.7. The second kappa shape index (κ2) is 8.57. The first-order valence-corrected chi connectivity index (χ1v) is 8.32. The molecule has 1 N–H and O–H groups in total. The number of pyridine rings is 1. The van der Waals surface area contributed by atoms with E-state index in [0.29, 0.717) is 13.0 Å². The molecule has 5 heteroatoms. The lowest BCUT2D eigenvalue weighted by Crippen LogP contribution is -2.23. The molecule has 1 unspecified atom stereocenters. The van der Waals surface area contributed by atoms with Gasteiger partial charge in [-0.3, -0.25) is 4.98 Å². The van der Waals surface area contributed by atoms with E-state index >= 15 is 0 Å². The van der Waals surface area contributed by atoms with Gasteiger partial charge >= 0.3 is 0 Å². The van der Waals surface area contributed by atoms with Crippen LogP contribution in [0.15, 0.2) is 47.8 Å². The summed E-state index contributed by atoms with van der Waals surface area (Å²) in [6.45, 7) is 1.36. The Labute approximate surface area is 141 Å². The Morgan fingerprint density at radius 1 is 1.29 bits per heavy atom. The maximum Gasteiger partial charge on any atom is 0.157 e. The first kappa shape index (κ1) is 16.6. The van der Waals surface area contributed by atoms with Crippen molar-refractivity contribution in [3.63, 3.8) is 0 Å². The van der Waals surface area contributed by atoms with E-state index < -0.39 is 0 Å². The summed E-state index contributed by atoms with van der Waals surface area (Å²) in [6.07, 6.45) is 6.96. The molecule has 1 atom stereocenters. The first-order valence-electron chi connectivity index (χ1n) is 8.32. The van der Waals surface area contributed by atoms with Gasteiger partial charge in [-0.2, -0.15) is 0 Å². The molecule has 0 bridgehead atoms. The third-order valence-corrected chi connectivity index (χ3v) is 4.06. The fourth-order valence-electron chi connectivity index (χ4n) is 2.84. The molecular formula is C19H22N2O3. The van der Waals surface area contributed by atoms with Gasteiger partial charge in [0.25, 0.3) is 0 Å². The average Bonchev–Trinajstić information content (AvgIpc) is 2.64. The van der Waals surface area contributed by atoms with Gasteiger partial charge in [-0.05, 0) is 30.9 Å². The van der Waals surface area contributed by atoms with Crippen molar-refractivity contribution in [2.24, 2.45) is 5.16 Å². The van der Waals surface area contributed by atoms with Crippen LogP contribution in [0.2, 0.25) is 0 Å². The molecule has 0 saturated carbocycles. The van der Waals surface area contributed by atoms with Crippen molar-refractivity contribution < 1.29 is 14.7 Å². The predicted octanol–water partition coefficient (Wildman–Crippen LogP) is 3.64. The standard InChI is InChI=1S/C19H22N2O3/c22-21-14-15-12-17(16-6-2-1-3-7-16)18(20-13-15)9-11-24-19-8-4-5-10-23-19/h1-3,6-7,12-14,19,22H,4-5,8-11H2. The van der Waals surface area contributed by atoms with E-state index in [-0.39, 0.29) is 6.29 Å². The Balaban J connectivity index is 1.73. The lowest BCUT2D eigenvalue weighted by Gasteiger charge is -2.22. The highest BCUT2D eigenvalue weighted by Crippen LogP contribution is 2.24. The maximum atomic E-state index is 8.74. The normalized spacial score (nSPS) is 18.1. The van der Waals surface area contributed by atoms with Crippen LogP contribution in [-0.2, 0) is 15.9 Å². The third-order valence-electron chi connectivity index (χ3n) is 4.06. The zero-order valence-corrected chi connectivity index (χ0v) is 13.6. The van der Waals surface area contributed by atoms with E-state index in [2.05, 4.69) is 10.1 Å². The lowest BCUT2D eigenvalue weighted by molar-refractivity contribution is -0.161. The summed E-state index contributed by atoms with van der Waals surface area (Å²) in [5.74, 6) is 0. The molecule has 0 spiro atoms. The summed E-state index contributed by atoms with van der Waals surface area (Å²) in [5.41, 5.74) is 3.84. The van der Waals surface area contributed by atoms with Crippen LogP contribution in [0, 0.1) is 0 Å². The van der Waals surface area contributed by atoms with Gasteiger partial charge < -0.3 is 14.7 Å². The van der Waals surface area contributed by atoms with Gasteiger partial charge in [0.05, 0.1) is 18.5 Å². The molecule has 24 heavy (non-hydrogen) atoms. The molecule has 1 aromatic carbocycles. The highest BCUT2D eigenvalue weighted by Gasteiger charge is 2.14. The topological polar surface area (TPSA) is 63.9 Å². The van der Waals surface area contributed by atoms with E-state index in [9.17, 15) is 0 Å². The van der Waals surface area contributed by atoms with Crippen LogP contribution in [-0.4, -0.2) is 35.9 Å². The van der Waals surface area contributed by atoms with E-state index in [0.717, 1.165) is 48.3 Å². The molecule has 0 aliphatic carbocycles. The van der Waals surface area contributed by atoms with E-state index in [1.165, 1.54) is 6.21 Å². The molecule has 5 nitrogen and oxygen atoms in total. The summed E-state index contributed by atoms with van der Waals surface area (Å²) in [4.78, 5) is 4.53. The number of nitrogens with zero attached hydrogens (tertiary/aromatic N) is 2. The Morgan fingerprint density at radius 2 is 2.17 bits per heavy atom. The van der Waals surface area contributed by atoms with Gasteiger partial charge in [-0.25, -0.2) is 0 Å². The van der Waals surface area contributed by atoms with Crippen molar-refractivity contribution in [2.75, 3.05) is 13.2 Å². The number of aromatic nitrogens is 1. The summed E-state index contributed by atoms with van der Waals surface area (Å²) in [7, 11) is 0. The summed E-state index contributed by atoms with van der Waals surface area (Å²) < 4.78 is 11.4. The molecule has 1 aliphatic rings. The fraction of sp³-hybridized carbons (Fsp3) is 0.368. The minimum Gasteiger partial charge on any atom is -0.411 e. The molecule has 2 heterocycles. The average molecular weight is 326 g/mol. The predicted molar refractivity (Wildman–Crippen MR) is 92.3 cm³/mol. The summed E-state index contributed by atoms with van der Waals surface area (Å²) in [5, 5.41) is 11.8. The van der Waals surface area contributed by atoms with Gasteiger partial charge in [0.1, 0.15) is 0 Å². The molecular weight excluding hydrogens is 304 g/mol. The number of rotatable bonds is 6. The Bertz CT molecular complexity index is 668. The first-order chi connectivity index (χ1) is 11.9. The number of hydrogen-bond acceptors (Lipinski definition) is 5. The number of hydrogen-bond donors (Lipinski definition) is 1. The van der Waals surface area contributed by atoms with Crippen molar-refractivity contribution in [1.82, 2.24) is 4.98 Å². The van der Waals surface area contributed by atoms with Gasteiger partial charge in [0, 0.05) is 30.4 Å². The quantitative estimate of drug-likeness (QED) is 0.500. The molecule has 1 saturated heterocycles. The van der Waals surface area contributed by atoms with Crippen LogP contribution >= 0.6 is 0 Å². The monoisotopic (exact) mass is 326 g/mol. The van der Waals surface area contributed by atoms with Crippen LogP contribution < -0.4 is 0 Å². The van der Waals surface area contributed by atoms with E-state index in [4.69, 9.17) is 14.7 Å². The zero-order chi connectivity index (χ0) is 16.6. The van der Waals surface area contributed by atoms with E-state index in [1.54, 1.807) is 6.20 Å². The minimum atomic E-state index is -0.0836. The molecule has 0 amide bonds. The molecule has 1 aliphatic heterocycles. The van der Waals surface area contributed by atoms with Crippen LogP contribution in [0.4, 0.5) is 0 Å². The summed E-state index contributed by atoms with van der Waals surface area (Å²) >= 11 is 0. The molecule has 126 valence electrons. The number of oxime groups is 1. The van der Waals surface area contributed by atoms with Crippen LogP contribution in [0.3, 0.4) is 0 Å². The smallest absolute Gasteiger partial charge is 0.157 e. The second-order valence-electron chi connectivity index (χ2n) is 5.79. The zero-order valence-electron chi connectivity index (χ0n) is 13.6. The van der Waals surface area contributed by atoms with Crippen LogP contribution in [0.1, 0.15) is 30.5 Å². The highest BCUT2D eigenvalue weighted by molar-refractivity contribution is 5.82. The van der Waals surface area contributed by atoms with E-state index in [1.807, 2.05) is 36.4 Å². The van der Waals surface area contributed by atoms with Gasteiger partial charge in [0.2, 0.25) is 0 Å². The van der Waals surface area contributed by atoms with Crippen molar-refractivity contribution >= 4 is 6.21 Å². The minimum absolute atomic E-state index is 0.0836. The van der Waals surface area contributed by atoms with Gasteiger partial charge in [0.15, 0.2) is 6.29 Å². The Kier molecular flexibility index (Phi) is 5.93. The van der Waals surface area contributed by atoms with Crippen molar-refractivity contribution in [2.45, 2.75) is 32.0 Å². The summed E-state index contributed by atoms with van der Waals surface area (Å²) in [6, 6.07) is 12.1. The fourth-order valence-corrected chi connectivity index (χ4v) is 2.84. The largest absolute Gasteiger partial charge is 0.411 e. The van der Waals surface area contributed by atoms with Gasteiger partial charge in [-0.15, -0.1) is 0 Å². The molecule has 1 aromatic heterocycles. The number of ether oxygens (including phenoxy) is 2. The van der Waals surface area contributed by atoms with Crippen molar-refractivity contribution in [3.8, 4) is 11.1 Å². The molecule has 2 aromatic rings. The van der Waals surface area contributed by atoms with Crippen molar-refractivity contribution in [3.05, 3.63) is 53.9 Å². The molecule has 0 radical (unpaired) electrons. The number of benzene rings is 1. The Morgan fingerprint density at radius 3 is 2.92 bits per heavy atom. The van der Waals surface area contributed by atoms with Gasteiger partial charge in [-0.1, -0.05) is 35.5 Å². The molecule has 3 rings (SSSR count).